The highest BCUT2D eigenvalue weighted by atomic mass is 16.3. The van der Waals surface area contributed by atoms with Crippen LogP contribution >= 0.6 is 0 Å². The first-order valence-electron chi connectivity index (χ1n) is 10.4. The van der Waals surface area contributed by atoms with Gasteiger partial charge in [0.15, 0.2) is 5.78 Å². The highest BCUT2D eigenvalue weighted by Gasteiger charge is 2.38. The Hall–Kier alpha value is -3.19. The number of phenols is 2. The molecule has 0 unspecified atom stereocenters. The molecular formula is C24H28N2O5. The van der Waals surface area contributed by atoms with Crippen molar-refractivity contribution in [1.82, 2.24) is 4.90 Å². The fraction of sp³-hybridized carbons (Fsp3) is 0.375. The number of fused-ring (bicyclic) bond motifs is 2. The lowest BCUT2D eigenvalue weighted by Crippen LogP contribution is -2.29. The second kappa shape index (κ2) is 8.51. The molecule has 0 spiro atoms. The molecule has 3 rings (SSSR count). The predicted octanol–water partition coefficient (Wildman–Crippen LogP) is 3.47. The average Bonchev–Trinajstić information content (AvgIpc) is 2.74. The van der Waals surface area contributed by atoms with Crippen molar-refractivity contribution in [2.24, 2.45) is 0 Å². The summed E-state index contributed by atoms with van der Waals surface area (Å²) in [7, 11) is 0. The molecule has 0 aliphatic heterocycles. The van der Waals surface area contributed by atoms with E-state index in [-0.39, 0.29) is 51.8 Å². The van der Waals surface area contributed by atoms with Crippen molar-refractivity contribution < 1.29 is 24.6 Å². The molecule has 0 heterocycles. The molecule has 0 atom stereocenters. The van der Waals surface area contributed by atoms with Gasteiger partial charge in [0.05, 0.1) is 22.4 Å². The molecule has 7 heteroatoms. The van der Waals surface area contributed by atoms with Gasteiger partial charge in [-0.25, -0.2) is 0 Å². The van der Waals surface area contributed by atoms with Gasteiger partial charge in [0.2, 0.25) is 11.7 Å². The molecule has 3 N–H and O–H groups in total. The van der Waals surface area contributed by atoms with E-state index >= 15 is 0 Å². The molecule has 2 aromatic rings. The summed E-state index contributed by atoms with van der Waals surface area (Å²) < 4.78 is 0. The second-order valence-electron chi connectivity index (χ2n) is 7.84. The summed E-state index contributed by atoms with van der Waals surface area (Å²) in [6.45, 7) is 11.4. The van der Waals surface area contributed by atoms with E-state index < -0.39 is 11.6 Å². The van der Waals surface area contributed by atoms with E-state index in [1.165, 1.54) is 12.1 Å². The SMILES string of the molecule is CCN(CC)CCC(=O)Nc1ccc(O)c2c1C(=O)c1c(C)c(C)c(C)c(O)c1C2=O. The minimum Gasteiger partial charge on any atom is -0.507 e. The maximum absolute atomic E-state index is 13.5. The lowest BCUT2D eigenvalue weighted by atomic mass is 9.78. The normalized spacial score (nSPS) is 12.7. The van der Waals surface area contributed by atoms with Crippen molar-refractivity contribution in [3.63, 3.8) is 0 Å². The zero-order chi connectivity index (χ0) is 23.0. The number of aromatic hydroxyl groups is 2. The zero-order valence-corrected chi connectivity index (χ0v) is 18.5. The Morgan fingerprint density at radius 3 is 2.10 bits per heavy atom. The van der Waals surface area contributed by atoms with Gasteiger partial charge in [0.25, 0.3) is 0 Å². The Labute approximate surface area is 181 Å². The van der Waals surface area contributed by atoms with E-state index in [1.54, 1.807) is 20.8 Å². The van der Waals surface area contributed by atoms with Crippen LogP contribution in [0.3, 0.4) is 0 Å². The fourth-order valence-corrected chi connectivity index (χ4v) is 4.07. The molecule has 0 bridgehead atoms. The lowest BCUT2D eigenvalue weighted by Gasteiger charge is -2.25. The molecule has 0 radical (unpaired) electrons. The van der Waals surface area contributed by atoms with Crippen LogP contribution in [0.1, 0.15) is 68.8 Å². The van der Waals surface area contributed by atoms with Crippen molar-refractivity contribution in [2.75, 3.05) is 25.0 Å². The first-order chi connectivity index (χ1) is 14.6. The van der Waals surface area contributed by atoms with Crippen molar-refractivity contribution in [1.29, 1.82) is 0 Å². The number of anilines is 1. The maximum Gasteiger partial charge on any atom is 0.225 e. The molecular weight excluding hydrogens is 396 g/mol. The minimum absolute atomic E-state index is 0.0422. The van der Waals surface area contributed by atoms with Crippen LogP contribution in [0.5, 0.6) is 11.5 Å². The van der Waals surface area contributed by atoms with E-state index in [1.807, 2.05) is 13.8 Å². The van der Waals surface area contributed by atoms with Gasteiger partial charge in [-0.3, -0.25) is 14.4 Å². The molecule has 0 fully saturated rings. The Morgan fingerprint density at radius 1 is 0.871 bits per heavy atom. The Bertz CT molecular complexity index is 1100. The highest BCUT2D eigenvalue weighted by Crippen LogP contribution is 2.43. The van der Waals surface area contributed by atoms with Crippen molar-refractivity contribution in [3.05, 3.63) is 51.1 Å². The lowest BCUT2D eigenvalue weighted by molar-refractivity contribution is -0.116. The number of hydrogen-bond donors (Lipinski definition) is 3. The largest absolute Gasteiger partial charge is 0.507 e. The maximum atomic E-state index is 13.5. The number of phenolic OH excluding ortho intramolecular Hbond substituents is 2. The van der Waals surface area contributed by atoms with Crippen molar-refractivity contribution >= 4 is 23.2 Å². The fourth-order valence-electron chi connectivity index (χ4n) is 4.07. The summed E-state index contributed by atoms with van der Waals surface area (Å²) in [5.74, 6) is -2.04. The van der Waals surface area contributed by atoms with Crippen LogP contribution in [0.15, 0.2) is 12.1 Å². The number of carbonyl (C=O) groups is 3. The monoisotopic (exact) mass is 424 g/mol. The number of hydrogen-bond acceptors (Lipinski definition) is 6. The molecule has 1 aliphatic rings. The van der Waals surface area contributed by atoms with Gasteiger partial charge in [-0.1, -0.05) is 13.8 Å². The molecule has 0 saturated carbocycles. The number of rotatable bonds is 6. The topological polar surface area (TPSA) is 107 Å². The molecule has 0 aromatic heterocycles. The van der Waals surface area contributed by atoms with Crippen LogP contribution in [0.25, 0.3) is 0 Å². The predicted molar refractivity (Wildman–Crippen MR) is 118 cm³/mol. The quantitative estimate of drug-likeness (QED) is 0.523. The summed E-state index contributed by atoms with van der Waals surface area (Å²) in [6.07, 6.45) is 0.230. The van der Waals surface area contributed by atoms with Gasteiger partial charge in [-0.15, -0.1) is 0 Å². The van der Waals surface area contributed by atoms with E-state index in [0.29, 0.717) is 23.2 Å². The Kier molecular flexibility index (Phi) is 6.18. The van der Waals surface area contributed by atoms with E-state index in [9.17, 15) is 24.6 Å². The molecule has 2 aromatic carbocycles. The number of nitrogens with one attached hydrogen (secondary N) is 1. The van der Waals surface area contributed by atoms with E-state index in [2.05, 4.69) is 10.2 Å². The zero-order valence-electron chi connectivity index (χ0n) is 18.5. The molecule has 1 aliphatic carbocycles. The molecule has 0 saturated heterocycles. The van der Waals surface area contributed by atoms with Crippen LogP contribution in [-0.2, 0) is 4.79 Å². The van der Waals surface area contributed by atoms with Crippen LogP contribution in [0, 0.1) is 20.8 Å². The van der Waals surface area contributed by atoms with Crippen molar-refractivity contribution in [3.8, 4) is 11.5 Å². The number of ketones is 2. The molecule has 1 amide bonds. The van der Waals surface area contributed by atoms with Gasteiger partial charge in [-0.2, -0.15) is 0 Å². The van der Waals surface area contributed by atoms with Crippen LogP contribution in [-0.4, -0.2) is 52.2 Å². The Morgan fingerprint density at radius 2 is 1.48 bits per heavy atom. The highest BCUT2D eigenvalue weighted by molar-refractivity contribution is 6.33. The van der Waals surface area contributed by atoms with E-state index in [0.717, 1.165) is 13.1 Å². The standard InChI is InChI=1S/C24H28N2O5/c1-6-26(7-2)11-10-17(28)25-15-8-9-16(27)20-19(15)23(30)18-13(4)12(3)14(5)22(29)21(18)24(20)31/h8-9,27,29H,6-7,10-11H2,1-5H3,(H,25,28). The van der Waals surface area contributed by atoms with Gasteiger partial charge < -0.3 is 20.4 Å². The second-order valence-corrected chi connectivity index (χ2v) is 7.84. The molecule has 31 heavy (non-hydrogen) atoms. The summed E-state index contributed by atoms with van der Waals surface area (Å²) in [6, 6.07) is 2.70. The number of benzene rings is 2. The van der Waals surface area contributed by atoms with Gasteiger partial charge >= 0.3 is 0 Å². The summed E-state index contributed by atoms with van der Waals surface area (Å²) in [5, 5.41) is 23.7. The first kappa shape index (κ1) is 22.5. The summed E-state index contributed by atoms with van der Waals surface area (Å²) in [4.78, 5) is 41.4. The summed E-state index contributed by atoms with van der Waals surface area (Å²) in [5.41, 5.74) is 1.78. The van der Waals surface area contributed by atoms with Crippen LogP contribution < -0.4 is 5.32 Å². The smallest absolute Gasteiger partial charge is 0.225 e. The summed E-state index contributed by atoms with van der Waals surface area (Å²) >= 11 is 0. The van der Waals surface area contributed by atoms with Crippen LogP contribution in [0.4, 0.5) is 5.69 Å². The van der Waals surface area contributed by atoms with Crippen LogP contribution in [0.2, 0.25) is 0 Å². The number of nitrogens with zero attached hydrogens (tertiary/aromatic N) is 1. The third kappa shape index (κ3) is 3.70. The molecule has 7 nitrogen and oxygen atoms in total. The van der Waals surface area contributed by atoms with E-state index in [4.69, 9.17) is 0 Å². The molecule has 164 valence electrons. The third-order valence-corrected chi connectivity index (χ3v) is 6.26. The Balaban J connectivity index is 2.07. The van der Waals surface area contributed by atoms with Gasteiger partial charge in [0, 0.05) is 18.5 Å². The van der Waals surface area contributed by atoms with Crippen molar-refractivity contribution in [2.45, 2.75) is 41.0 Å². The first-order valence-corrected chi connectivity index (χ1v) is 10.4. The number of carbonyl (C=O) groups excluding carboxylic acids is 3. The number of amides is 1. The van der Waals surface area contributed by atoms with Gasteiger partial charge in [0.1, 0.15) is 11.5 Å². The third-order valence-electron chi connectivity index (χ3n) is 6.26. The van der Waals surface area contributed by atoms with Gasteiger partial charge in [-0.05, 0) is 62.7 Å². The minimum atomic E-state index is -0.634. The average molecular weight is 424 g/mol.